The molecule has 1 saturated carbocycles. The third kappa shape index (κ3) is 3.59. The Balaban J connectivity index is 2.35. The van der Waals surface area contributed by atoms with E-state index < -0.39 is 5.09 Å². The van der Waals surface area contributed by atoms with Crippen molar-refractivity contribution >= 4 is 5.91 Å². The minimum Gasteiger partial charge on any atom is -0.354 e. The summed E-state index contributed by atoms with van der Waals surface area (Å²) in [4.78, 5) is 25.3. The first-order valence-corrected chi connectivity index (χ1v) is 4.66. The van der Waals surface area contributed by atoms with E-state index in [1.165, 1.54) is 6.92 Å². The largest absolute Gasteiger partial charge is 0.354 e. The van der Waals surface area contributed by atoms with E-state index in [1.54, 1.807) is 0 Å². The lowest BCUT2D eigenvalue weighted by Gasteiger charge is -2.27. The average Bonchev–Trinajstić information content (AvgIpc) is 2.01. The second-order valence-corrected chi connectivity index (χ2v) is 3.52. The van der Waals surface area contributed by atoms with E-state index >= 15 is 0 Å². The Hall–Kier alpha value is -1.33. The molecule has 0 aromatic rings. The van der Waals surface area contributed by atoms with Gasteiger partial charge in [0.05, 0.1) is 0 Å². The van der Waals surface area contributed by atoms with Crippen LogP contribution in [0.15, 0.2) is 0 Å². The molecule has 2 atom stereocenters. The van der Waals surface area contributed by atoms with Crippen LogP contribution in [0.4, 0.5) is 0 Å². The van der Waals surface area contributed by atoms with Crippen molar-refractivity contribution in [1.29, 1.82) is 0 Å². The molecule has 0 bridgehead atoms. The fourth-order valence-electron chi connectivity index (χ4n) is 1.78. The Bertz CT molecular complexity index is 209. The molecule has 1 amide bonds. The van der Waals surface area contributed by atoms with Crippen molar-refractivity contribution in [2.24, 2.45) is 0 Å². The van der Waals surface area contributed by atoms with E-state index in [9.17, 15) is 14.9 Å². The maximum Gasteiger partial charge on any atom is 0.294 e. The molecule has 1 aliphatic carbocycles. The molecule has 0 aromatic heterocycles. The fourth-order valence-corrected chi connectivity index (χ4v) is 1.78. The zero-order valence-corrected chi connectivity index (χ0v) is 8.06. The van der Waals surface area contributed by atoms with E-state index in [4.69, 9.17) is 0 Å². The fraction of sp³-hybridized carbons (Fsp3) is 0.875. The van der Waals surface area contributed by atoms with Gasteiger partial charge in [0.2, 0.25) is 5.91 Å². The number of nitrogens with zero attached hydrogens (tertiary/aromatic N) is 1. The first kappa shape index (κ1) is 10.7. The van der Waals surface area contributed by atoms with Crippen molar-refractivity contribution in [2.45, 2.75) is 44.8 Å². The number of rotatable bonds is 3. The van der Waals surface area contributed by atoms with Crippen LogP contribution >= 0.6 is 0 Å². The molecule has 6 nitrogen and oxygen atoms in total. The summed E-state index contributed by atoms with van der Waals surface area (Å²) in [6, 6.07) is 0.0196. The van der Waals surface area contributed by atoms with Gasteiger partial charge in [-0.3, -0.25) is 4.79 Å². The van der Waals surface area contributed by atoms with E-state index in [2.05, 4.69) is 10.2 Å². The molecule has 0 radical (unpaired) electrons. The van der Waals surface area contributed by atoms with Crippen LogP contribution in [-0.2, 0) is 9.63 Å². The molecule has 0 heterocycles. The zero-order chi connectivity index (χ0) is 10.6. The second kappa shape index (κ2) is 4.78. The second-order valence-electron chi connectivity index (χ2n) is 3.52. The summed E-state index contributed by atoms with van der Waals surface area (Å²) in [6.07, 6.45) is 2.58. The summed E-state index contributed by atoms with van der Waals surface area (Å²) in [6.45, 7) is 1.44. The van der Waals surface area contributed by atoms with E-state index in [1.807, 2.05) is 0 Å². The Kier molecular flexibility index (Phi) is 3.67. The van der Waals surface area contributed by atoms with Crippen molar-refractivity contribution in [1.82, 2.24) is 5.32 Å². The molecule has 1 rings (SSSR count). The molecule has 0 unspecified atom stereocenters. The van der Waals surface area contributed by atoms with E-state index in [0.29, 0.717) is 12.8 Å². The Labute approximate surface area is 81.7 Å². The summed E-state index contributed by atoms with van der Waals surface area (Å²) in [7, 11) is 0. The normalized spacial score (nSPS) is 26.6. The highest BCUT2D eigenvalue weighted by molar-refractivity contribution is 5.73. The molecule has 80 valence electrons. The summed E-state index contributed by atoms with van der Waals surface area (Å²) < 4.78 is 0. The van der Waals surface area contributed by atoms with Crippen LogP contribution in [0.2, 0.25) is 0 Å². The standard InChI is InChI=1S/C8H14N2O4/c1-6(11)9-7-3-2-4-8(5-7)14-10(12)13/h7-8H,2-5H2,1H3,(H,9,11)/t7-,8+/m0/s1. The molecule has 6 heteroatoms. The van der Waals surface area contributed by atoms with Crippen LogP contribution in [0, 0.1) is 10.1 Å². The number of hydrogen-bond acceptors (Lipinski definition) is 4. The molecule has 1 fully saturated rings. The average molecular weight is 202 g/mol. The lowest BCUT2D eigenvalue weighted by Crippen LogP contribution is -2.39. The lowest BCUT2D eigenvalue weighted by molar-refractivity contribution is -0.769. The molecule has 0 aliphatic heterocycles. The van der Waals surface area contributed by atoms with Gasteiger partial charge in [-0.15, -0.1) is 10.1 Å². The van der Waals surface area contributed by atoms with Crippen molar-refractivity contribution in [3.05, 3.63) is 10.1 Å². The minimum atomic E-state index is -0.763. The minimum absolute atomic E-state index is 0.0196. The predicted octanol–water partition coefficient (Wildman–Crippen LogP) is 0.642. The van der Waals surface area contributed by atoms with Gasteiger partial charge < -0.3 is 10.2 Å². The monoisotopic (exact) mass is 202 g/mol. The maximum absolute atomic E-state index is 10.8. The van der Waals surface area contributed by atoms with Crippen LogP contribution in [0.5, 0.6) is 0 Å². The molecule has 0 aromatic carbocycles. The van der Waals surface area contributed by atoms with Crippen LogP contribution < -0.4 is 5.32 Å². The van der Waals surface area contributed by atoms with Gasteiger partial charge >= 0.3 is 0 Å². The van der Waals surface area contributed by atoms with Gasteiger partial charge in [0, 0.05) is 13.0 Å². The summed E-state index contributed by atoms with van der Waals surface area (Å²) in [5, 5.41) is 12.1. The maximum atomic E-state index is 10.8. The van der Waals surface area contributed by atoms with Crippen molar-refractivity contribution in [3.63, 3.8) is 0 Å². The number of carbonyl (C=O) groups excluding carboxylic acids is 1. The third-order valence-corrected chi connectivity index (χ3v) is 2.27. The van der Waals surface area contributed by atoms with Crippen molar-refractivity contribution in [3.8, 4) is 0 Å². The summed E-state index contributed by atoms with van der Waals surface area (Å²) >= 11 is 0. The molecule has 14 heavy (non-hydrogen) atoms. The third-order valence-electron chi connectivity index (χ3n) is 2.27. The Morgan fingerprint density at radius 2 is 2.29 bits per heavy atom. The lowest BCUT2D eigenvalue weighted by atomic mass is 9.93. The van der Waals surface area contributed by atoms with Crippen LogP contribution in [0.3, 0.4) is 0 Å². The van der Waals surface area contributed by atoms with Crippen LogP contribution in [0.1, 0.15) is 32.6 Å². The van der Waals surface area contributed by atoms with Gasteiger partial charge in [-0.25, -0.2) is 0 Å². The SMILES string of the molecule is CC(=O)N[C@H]1CCC[C@@H](O[N+](=O)[O-])C1. The molecule has 0 spiro atoms. The predicted molar refractivity (Wildman–Crippen MR) is 47.9 cm³/mol. The highest BCUT2D eigenvalue weighted by atomic mass is 17.0. The molecule has 1 aliphatic rings. The molecular formula is C8H14N2O4. The molecule has 1 N–H and O–H groups in total. The first-order chi connectivity index (χ1) is 6.58. The summed E-state index contributed by atoms with van der Waals surface area (Å²) in [5.41, 5.74) is 0. The van der Waals surface area contributed by atoms with E-state index in [-0.39, 0.29) is 18.1 Å². The summed E-state index contributed by atoms with van der Waals surface area (Å²) in [5.74, 6) is -0.100. The topological polar surface area (TPSA) is 81.5 Å². The van der Waals surface area contributed by atoms with Gasteiger partial charge in [-0.05, 0) is 25.7 Å². The smallest absolute Gasteiger partial charge is 0.294 e. The number of carbonyl (C=O) groups is 1. The highest BCUT2D eigenvalue weighted by Gasteiger charge is 2.24. The number of nitrogens with one attached hydrogen (secondary N) is 1. The Morgan fingerprint density at radius 1 is 1.57 bits per heavy atom. The van der Waals surface area contributed by atoms with Gasteiger partial charge in [-0.1, -0.05) is 0 Å². The van der Waals surface area contributed by atoms with Crippen molar-refractivity contribution in [2.75, 3.05) is 0 Å². The van der Waals surface area contributed by atoms with Gasteiger partial charge in [0.15, 0.2) is 0 Å². The van der Waals surface area contributed by atoms with Crippen LogP contribution in [-0.4, -0.2) is 23.1 Å². The van der Waals surface area contributed by atoms with Gasteiger partial charge in [-0.2, -0.15) is 0 Å². The first-order valence-electron chi connectivity index (χ1n) is 4.66. The quantitative estimate of drug-likeness (QED) is 0.538. The van der Waals surface area contributed by atoms with E-state index in [0.717, 1.165) is 12.8 Å². The number of hydrogen-bond donors (Lipinski definition) is 1. The highest BCUT2D eigenvalue weighted by Crippen LogP contribution is 2.21. The molecular weight excluding hydrogens is 188 g/mol. The van der Waals surface area contributed by atoms with Crippen LogP contribution in [0.25, 0.3) is 0 Å². The molecule has 0 saturated heterocycles. The number of amides is 1. The van der Waals surface area contributed by atoms with Gasteiger partial charge in [0.1, 0.15) is 6.10 Å². The zero-order valence-electron chi connectivity index (χ0n) is 8.06. The van der Waals surface area contributed by atoms with Gasteiger partial charge in [0.25, 0.3) is 5.09 Å². The van der Waals surface area contributed by atoms with Crippen molar-refractivity contribution < 1.29 is 14.7 Å². The Morgan fingerprint density at radius 3 is 2.86 bits per heavy atom.